The molecule has 3 rings (SSSR count). The van der Waals surface area contributed by atoms with Gasteiger partial charge in [0.25, 0.3) is 0 Å². The molecule has 1 saturated heterocycles. The Labute approximate surface area is 125 Å². The maximum Gasteiger partial charge on any atom is 0.188 e. The summed E-state index contributed by atoms with van der Waals surface area (Å²) in [6.45, 7) is 5.32. The molecule has 3 N–H and O–H groups in total. The third kappa shape index (κ3) is 3.53. The van der Waals surface area contributed by atoms with Crippen molar-refractivity contribution in [2.45, 2.75) is 45.3 Å². The highest BCUT2D eigenvalue weighted by Gasteiger charge is 2.21. The predicted molar refractivity (Wildman–Crippen MR) is 80.0 cm³/mol. The summed E-state index contributed by atoms with van der Waals surface area (Å²) in [5.41, 5.74) is 5.93. The van der Waals surface area contributed by atoms with Crippen LogP contribution in [-0.2, 0) is 17.7 Å². The molecule has 116 valence electrons. The maximum atomic E-state index is 5.93. The highest BCUT2D eigenvalue weighted by Crippen LogP contribution is 2.19. The highest BCUT2D eigenvalue weighted by atomic mass is 16.5. The van der Waals surface area contributed by atoms with E-state index in [1.165, 1.54) is 0 Å². The number of nitrogens with one attached hydrogen (secondary N) is 1. The molecule has 0 aromatic carbocycles. The van der Waals surface area contributed by atoms with Crippen molar-refractivity contribution in [3.05, 3.63) is 11.6 Å². The summed E-state index contributed by atoms with van der Waals surface area (Å²) in [5.74, 6) is 3.12. The number of aryl methyl sites for hydroxylation is 2. The van der Waals surface area contributed by atoms with E-state index in [0.717, 1.165) is 63.6 Å². The second kappa shape index (κ2) is 6.43. The van der Waals surface area contributed by atoms with E-state index in [4.69, 9.17) is 10.5 Å². The van der Waals surface area contributed by atoms with E-state index in [1.54, 1.807) is 0 Å². The van der Waals surface area contributed by atoms with Crippen molar-refractivity contribution in [2.75, 3.05) is 19.7 Å². The molecule has 2 aliphatic rings. The number of nitrogens with zero attached hydrogens (tertiary/aromatic N) is 4. The maximum absolute atomic E-state index is 5.93. The van der Waals surface area contributed by atoms with Gasteiger partial charge in [-0.1, -0.05) is 0 Å². The van der Waals surface area contributed by atoms with Gasteiger partial charge in [0.15, 0.2) is 5.96 Å². The normalized spacial score (nSPS) is 25.9. The zero-order valence-corrected chi connectivity index (χ0v) is 12.6. The summed E-state index contributed by atoms with van der Waals surface area (Å²) in [4.78, 5) is 4.47. The first-order valence-corrected chi connectivity index (χ1v) is 7.76. The quantitative estimate of drug-likeness (QED) is 0.612. The molecular formula is C14H24N6O. The van der Waals surface area contributed by atoms with Crippen molar-refractivity contribution in [2.24, 2.45) is 16.6 Å². The lowest BCUT2D eigenvalue weighted by atomic mass is 9.99. The number of hydrogen-bond acceptors (Lipinski definition) is 4. The van der Waals surface area contributed by atoms with E-state index in [-0.39, 0.29) is 6.10 Å². The van der Waals surface area contributed by atoms with Gasteiger partial charge in [0.1, 0.15) is 11.6 Å². The number of aliphatic imine (C=N–C) groups is 1. The van der Waals surface area contributed by atoms with Gasteiger partial charge in [-0.25, -0.2) is 0 Å². The lowest BCUT2D eigenvalue weighted by Gasteiger charge is -2.22. The summed E-state index contributed by atoms with van der Waals surface area (Å²) < 4.78 is 7.75. The van der Waals surface area contributed by atoms with Crippen molar-refractivity contribution in [1.82, 2.24) is 20.1 Å². The van der Waals surface area contributed by atoms with Crippen LogP contribution in [0, 0.1) is 12.8 Å². The third-order valence-corrected chi connectivity index (χ3v) is 4.28. The predicted octanol–water partition coefficient (Wildman–Crippen LogP) is 0.232. The highest BCUT2D eigenvalue weighted by molar-refractivity contribution is 5.77. The second-order valence-corrected chi connectivity index (χ2v) is 5.92. The standard InChI is InChI=1S/C14H24N6O/c1-10-18-19-13-5-4-11(9-20(10)13)7-16-14(15)17-8-12-3-2-6-21-12/h11-12H,2-9H2,1H3,(H3,15,16,17). The summed E-state index contributed by atoms with van der Waals surface area (Å²) >= 11 is 0. The Hall–Kier alpha value is -1.63. The SMILES string of the molecule is Cc1nnc2n1CC(CN=C(N)NCC1CCCO1)CC2. The fourth-order valence-electron chi connectivity index (χ4n) is 2.99. The number of guanidine groups is 1. The molecule has 0 aliphatic carbocycles. The number of nitrogens with two attached hydrogens (primary N) is 1. The van der Waals surface area contributed by atoms with Crippen molar-refractivity contribution in [3.63, 3.8) is 0 Å². The number of hydrogen-bond donors (Lipinski definition) is 2. The van der Waals surface area contributed by atoms with E-state index in [0.29, 0.717) is 11.9 Å². The first-order chi connectivity index (χ1) is 10.2. The Balaban J connectivity index is 1.46. The van der Waals surface area contributed by atoms with Gasteiger partial charge in [0.2, 0.25) is 0 Å². The Morgan fingerprint density at radius 3 is 3.19 bits per heavy atom. The lowest BCUT2D eigenvalue weighted by Crippen LogP contribution is -2.37. The van der Waals surface area contributed by atoms with Crippen LogP contribution in [0.4, 0.5) is 0 Å². The van der Waals surface area contributed by atoms with Crippen LogP contribution in [0.25, 0.3) is 0 Å². The Bertz CT molecular complexity index is 506. The number of aromatic nitrogens is 3. The van der Waals surface area contributed by atoms with Gasteiger partial charge in [-0.3, -0.25) is 4.99 Å². The van der Waals surface area contributed by atoms with E-state index < -0.39 is 0 Å². The zero-order chi connectivity index (χ0) is 14.7. The van der Waals surface area contributed by atoms with Gasteiger partial charge in [0.05, 0.1) is 6.10 Å². The van der Waals surface area contributed by atoms with Crippen LogP contribution in [-0.4, -0.2) is 46.5 Å². The topological polar surface area (TPSA) is 90.4 Å². The van der Waals surface area contributed by atoms with Crippen molar-refractivity contribution >= 4 is 5.96 Å². The van der Waals surface area contributed by atoms with Gasteiger partial charge < -0.3 is 20.4 Å². The van der Waals surface area contributed by atoms with Crippen LogP contribution in [0.1, 0.15) is 30.9 Å². The number of ether oxygens (including phenoxy) is 1. The Morgan fingerprint density at radius 1 is 1.48 bits per heavy atom. The minimum Gasteiger partial charge on any atom is -0.376 e. The summed E-state index contributed by atoms with van der Waals surface area (Å²) in [7, 11) is 0. The first kappa shape index (κ1) is 14.3. The molecule has 7 nitrogen and oxygen atoms in total. The largest absolute Gasteiger partial charge is 0.376 e. The molecule has 1 aromatic rings. The molecule has 0 saturated carbocycles. The molecule has 2 aliphatic heterocycles. The zero-order valence-electron chi connectivity index (χ0n) is 12.6. The van der Waals surface area contributed by atoms with Crippen molar-refractivity contribution in [3.8, 4) is 0 Å². The van der Waals surface area contributed by atoms with E-state index in [2.05, 4.69) is 25.1 Å². The smallest absolute Gasteiger partial charge is 0.188 e. The summed E-state index contributed by atoms with van der Waals surface area (Å²) in [6.07, 6.45) is 4.62. The van der Waals surface area contributed by atoms with Gasteiger partial charge in [-0.05, 0) is 32.1 Å². The minimum atomic E-state index is 0.288. The van der Waals surface area contributed by atoms with Gasteiger partial charge in [-0.15, -0.1) is 10.2 Å². The Morgan fingerprint density at radius 2 is 2.38 bits per heavy atom. The molecule has 7 heteroatoms. The van der Waals surface area contributed by atoms with Gasteiger partial charge in [-0.2, -0.15) is 0 Å². The van der Waals surface area contributed by atoms with E-state index in [1.807, 2.05) is 6.92 Å². The molecule has 3 heterocycles. The van der Waals surface area contributed by atoms with E-state index in [9.17, 15) is 0 Å². The average Bonchev–Trinajstić information content (AvgIpc) is 3.13. The van der Waals surface area contributed by atoms with Crippen LogP contribution in [0.15, 0.2) is 4.99 Å². The number of fused-ring (bicyclic) bond motifs is 1. The third-order valence-electron chi connectivity index (χ3n) is 4.28. The molecular weight excluding hydrogens is 268 g/mol. The van der Waals surface area contributed by atoms with Crippen LogP contribution in [0.2, 0.25) is 0 Å². The molecule has 21 heavy (non-hydrogen) atoms. The molecule has 0 amide bonds. The fraction of sp³-hybridized carbons (Fsp3) is 0.786. The second-order valence-electron chi connectivity index (χ2n) is 5.92. The van der Waals surface area contributed by atoms with Gasteiger partial charge in [0, 0.05) is 32.7 Å². The summed E-state index contributed by atoms with van der Waals surface area (Å²) in [5, 5.41) is 11.5. The van der Waals surface area contributed by atoms with Gasteiger partial charge >= 0.3 is 0 Å². The molecule has 0 radical (unpaired) electrons. The molecule has 1 fully saturated rings. The molecule has 0 spiro atoms. The average molecular weight is 292 g/mol. The molecule has 0 bridgehead atoms. The van der Waals surface area contributed by atoms with E-state index >= 15 is 0 Å². The summed E-state index contributed by atoms with van der Waals surface area (Å²) in [6, 6.07) is 0. The van der Waals surface area contributed by atoms with Crippen LogP contribution >= 0.6 is 0 Å². The number of rotatable bonds is 4. The molecule has 2 unspecified atom stereocenters. The van der Waals surface area contributed by atoms with Crippen LogP contribution < -0.4 is 11.1 Å². The Kier molecular flexibility index (Phi) is 4.38. The minimum absolute atomic E-state index is 0.288. The van der Waals surface area contributed by atoms with Crippen LogP contribution in [0.3, 0.4) is 0 Å². The molecule has 2 atom stereocenters. The monoisotopic (exact) mass is 292 g/mol. The van der Waals surface area contributed by atoms with Crippen molar-refractivity contribution < 1.29 is 4.74 Å². The lowest BCUT2D eigenvalue weighted by molar-refractivity contribution is 0.114. The fourth-order valence-corrected chi connectivity index (χ4v) is 2.99. The molecule has 1 aromatic heterocycles. The van der Waals surface area contributed by atoms with Crippen molar-refractivity contribution in [1.29, 1.82) is 0 Å². The first-order valence-electron chi connectivity index (χ1n) is 7.76. The van der Waals surface area contributed by atoms with Crippen LogP contribution in [0.5, 0.6) is 0 Å².